The Morgan fingerprint density at radius 2 is 2.25 bits per heavy atom. The fourth-order valence-corrected chi connectivity index (χ4v) is 2.12. The monoisotopic (exact) mass is 272 g/mol. The highest BCUT2D eigenvalue weighted by atomic mass is 16.5. The van der Waals surface area contributed by atoms with E-state index >= 15 is 0 Å². The van der Waals surface area contributed by atoms with E-state index in [4.69, 9.17) is 4.52 Å². The van der Waals surface area contributed by atoms with Crippen LogP contribution >= 0.6 is 0 Å². The van der Waals surface area contributed by atoms with Crippen LogP contribution < -0.4 is 4.90 Å². The van der Waals surface area contributed by atoms with Gasteiger partial charge in [0.2, 0.25) is 5.89 Å². The van der Waals surface area contributed by atoms with E-state index in [2.05, 4.69) is 32.0 Å². The van der Waals surface area contributed by atoms with Crippen molar-refractivity contribution < 1.29 is 4.52 Å². The van der Waals surface area contributed by atoms with Gasteiger partial charge in [0.1, 0.15) is 17.8 Å². The molecule has 0 atom stereocenters. The molecule has 0 aliphatic rings. The molecular weight excluding hydrogens is 256 g/mol. The molecule has 0 radical (unpaired) electrons. The van der Waals surface area contributed by atoms with Crippen LogP contribution in [0.5, 0.6) is 0 Å². The summed E-state index contributed by atoms with van der Waals surface area (Å²) in [5.74, 6) is 2.19. The number of fused-ring (bicyclic) bond motifs is 1. The highest BCUT2D eigenvalue weighted by Gasteiger charge is 2.13. The number of nitrogens with zero attached hydrogens (tertiary/aromatic N) is 5. The van der Waals surface area contributed by atoms with Crippen molar-refractivity contribution in [1.29, 1.82) is 0 Å². The van der Waals surface area contributed by atoms with Gasteiger partial charge in [-0.05, 0) is 12.5 Å². The predicted molar refractivity (Wildman–Crippen MR) is 74.3 cm³/mol. The van der Waals surface area contributed by atoms with Crippen LogP contribution in [-0.4, -0.2) is 32.1 Å². The highest BCUT2D eigenvalue weighted by molar-refractivity contribution is 5.87. The van der Waals surface area contributed by atoms with Crippen molar-refractivity contribution in [3.8, 4) is 0 Å². The number of rotatable bonds is 5. The van der Waals surface area contributed by atoms with E-state index in [1.165, 1.54) is 0 Å². The molecule has 0 fully saturated rings. The van der Waals surface area contributed by atoms with E-state index in [0.717, 1.165) is 35.5 Å². The summed E-state index contributed by atoms with van der Waals surface area (Å²) in [4.78, 5) is 17.9. The van der Waals surface area contributed by atoms with Gasteiger partial charge in [-0.2, -0.15) is 4.98 Å². The Labute approximate surface area is 116 Å². The average molecular weight is 272 g/mol. The molecule has 104 valence electrons. The minimum absolute atomic E-state index is 0.522. The molecule has 7 heteroatoms. The van der Waals surface area contributed by atoms with Crippen LogP contribution in [-0.2, 0) is 13.0 Å². The summed E-state index contributed by atoms with van der Waals surface area (Å²) < 4.78 is 5.25. The van der Waals surface area contributed by atoms with Crippen LogP contribution in [0.25, 0.3) is 11.0 Å². The number of hydrogen-bond acceptors (Lipinski definition) is 6. The minimum Gasteiger partial charge on any atom is -0.350 e. The molecule has 0 saturated carbocycles. The lowest BCUT2D eigenvalue weighted by Crippen LogP contribution is -2.18. The number of anilines is 1. The summed E-state index contributed by atoms with van der Waals surface area (Å²) in [5.41, 5.74) is 0.819. The summed E-state index contributed by atoms with van der Waals surface area (Å²) in [7, 11) is 1.94. The second-order valence-electron chi connectivity index (χ2n) is 4.65. The summed E-state index contributed by atoms with van der Waals surface area (Å²) >= 11 is 0. The van der Waals surface area contributed by atoms with E-state index in [1.807, 2.05) is 24.2 Å². The summed E-state index contributed by atoms with van der Waals surface area (Å²) in [5, 5.41) is 4.93. The number of aryl methyl sites for hydroxylation is 1. The maximum absolute atomic E-state index is 5.25. The Morgan fingerprint density at radius 3 is 3.10 bits per heavy atom. The van der Waals surface area contributed by atoms with Crippen molar-refractivity contribution in [2.45, 2.75) is 26.3 Å². The van der Waals surface area contributed by atoms with E-state index in [-0.39, 0.29) is 0 Å². The molecule has 1 N–H and O–H groups in total. The topological polar surface area (TPSA) is 83.7 Å². The number of aromatic amines is 1. The first-order chi connectivity index (χ1) is 9.78. The SMILES string of the molecule is CCCc1noc(CN(C)c2ncnc3[nH]ccc23)n1. The normalized spacial score (nSPS) is 11.1. The molecule has 7 nitrogen and oxygen atoms in total. The van der Waals surface area contributed by atoms with Gasteiger partial charge in [0.25, 0.3) is 0 Å². The molecule has 3 heterocycles. The molecule has 3 rings (SSSR count). The second kappa shape index (κ2) is 5.28. The molecular formula is C13H16N6O. The molecule has 0 bridgehead atoms. The largest absolute Gasteiger partial charge is 0.350 e. The van der Waals surface area contributed by atoms with E-state index < -0.39 is 0 Å². The van der Waals surface area contributed by atoms with Gasteiger partial charge in [-0.25, -0.2) is 9.97 Å². The standard InChI is InChI=1S/C13H16N6O/c1-3-4-10-17-11(20-18-10)7-19(2)13-9-5-6-14-12(9)15-8-16-13/h5-6,8H,3-4,7H2,1-2H3,(H,14,15,16). The van der Waals surface area contributed by atoms with Crippen LogP contribution in [0.15, 0.2) is 23.1 Å². The third-order valence-electron chi connectivity index (χ3n) is 3.05. The Morgan fingerprint density at radius 1 is 1.35 bits per heavy atom. The van der Waals surface area contributed by atoms with Gasteiger partial charge in [-0.3, -0.25) is 0 Å². The summed E-state index contributed by atoms with van der Waals surface area (Å²) in [6.45, 7) is 2.61. The average Bonchev–Trinajstić information content (AvgIpc) is 3.07. The lowest BCUT2D eigenvalue weighted by atomic mass is 10.3. The van der Waals surface area contributed by atoms with Gasteiger partial charge < -0.3 is 14.4 Å². The van der Waals surface area contributed by atoms with Crippen molar-refractivity contribution in [1.82, 2.24) is 25.1 Å². The molecule has 3 aromatic heterocycles. The minimum atomic E-state index is 0.522. The number of nitrogens with one attached hydrogen (secondary N) is 1. The van der Waals surface area contributed by atoms with Crippen molar-refractivity contribution in [3.05, 3.63) is 30.3 Å². The molecule has 0 saturated heterocycles. The van der Waals surface area contributed by atoms with Crippen molar-refractivity contribution >= 4 is 16.9 Å². The molecule has 0 aromatic carbocycles. The molecule has 0 unspecified atom stereocenters. The first-order valence-corrected chi connectivity index (χ1v) is 6.58. The first-order valence-electron chi connectivity index (χ1n) is 6.58. The van der Waals surface area contributed by atoms with Gasteiger partial charge in [0.05, 0.1) is 11.9 Å². The molecule has 20 heavy (non-hydrogen) atoms. The number of hydrogen-bond donors (Lipinski definition) is 1. The zero-order valence-electron chi connectivity index (χ0n) is 11.5. The first kappa shape index (κ1) is 12.6. The summed E-state index contributed by atoms with van der Waals surface area (Å²) in [6.07, 6.45) is 5.23. The van der Waals surface area contributed by atoms with Gasteiger partial charge >= 0.3 is 0 Å². The molecule has 0 amide bonds. The maximum atomic E-state index is 5.25. The molecule has 0 aliphatic heterocycles. The van der Waals surface area contributed by atoms with Crippen molar-refractivity contribution in [3.63, 3.8) is 0 Å². The molecule has 0 aliphatic carbocycles. The Balaban J connectivity index is 1.81. The van der Waals surface area contributed by atoms with E-state index in [9.17, 15) is 0 Å². The van der Waals surface area contributed by atoms with Gasteiger partial charge in [-0.1, -0.05) is 12.1 Å². The van der Waals surface area contributed by atoms with Gasteiger partial charge in [0, 0.05) is 19.7 Å². The van der Waals surface area contributed by atoms with E-state index in [0.29, 0.717) is 12.4 Å². The summed E-state index contributed by atoms with van der Waals surface area (Å²) in [6, 6.07) is 1.96. The number of aromatic nitrogens is 5. The lowest BCUT2D eigenvalue weighted by molar-refractivity contribution is 0.372. The van der Waals surface area contributed by atoms with Crippen LogP contribution in [0, 0.1) is 0 Å². The van der Waals surface area contributed by atoms with Crippen LogP contribution in [0.4, 0.5) is 5.82 Å². The predicted octanol–water partition coefficient (Wildman–Crippen LogP) is 1.93. The van der Waals surface area contributed by atoms with Crippen LogP contribution in [0.3, 0.4) is 0 Å². The quantitative estimate of drug-likeness (QED) is 0.764. The third kappa shape index (κ3) is 2.34. The van der Waals surface area contributed by atoms with Crippen molar-refractivity contribution in [2.24, 2.45) is 0 Å². The van der Waals surface area contributed by atoms with Crippen LogP contribution in [0.1, 0.15) is 25.1 Å². The zero-order chi connectivity index (χ0) is 13.9. The Bertz CT molecular complexity index is 704. The molecule has 3 aromatic rings. The lowest BCUT2D eigenvalue weighted by Gasteiger charge is -2.15. The van der Waals surface area contributed by atoms with E-state index in [1.54, 1.807) is 6.33 Å². The van der Waals surface area contributed by atoms with Gasteiger partial charge in [-0.15, -0.1) is 0 Å². The second-order valence-corrected chi connectivity index (χ2v) is 4.65. The van der Waals surface area contributed by atoms with Gasteiger partial charge in [0.15, 0.2) is 5.82 Å². The smallest absolute Gasteiger partial charge is 0.246 e. The number of H-pyrrole nitrogens is 1. The zero-order valence-corrected chi connectivity index (χ0v) is 11.5. The highest BCUT2D eigenvalue weighted by Crippen LogP contribution is 2.21. The molecule has 0 spiro atoms. The van der Waals surface area contributed by atoms with Crippen molar-refractivity contribution in [2.75, 3.05) is 11.9 Å². The van der Waals surface area contributed by atoms with Crippen LogP contribution in [0.2, 0.25) is 0 Å². The Hall–Kier alpha value is -2.44. The third-order valence-corrected chi connectivity index (χ3v) is 3.05. The fraction of sp³-hybridized carbons (Fsp3) is 0.385. The fourth-order valence-electron chi connectivity index (χ4n) is 2.12. The Kier molecular flexibility index (Phi) is 3.32. The maximum Gasteiger partial charge on any atom is 0.246 e.